The summed E-state index contributed by atoms with van der Waals surface area (Å²) in [5.74, 6) is 0.551. The van der Waals surface area contributed by atoms with Crippen molar-refractivity contribution in [1.29, 1.82) is 0 Å². The summed E-state index contributed by atoms with van der Waals surface area (Å²) in [6, 6.07) is 20.9. The molecule has 0 N–H and O–H groups in total. The molecule has 3 aromatic carbocycles. The number of fused-ring (bicyclic) bond motifs is 1. The molecule has 6 nitrogen and oxygen atoms in total. The zero-order valence-electron chi connectivity index (χ0n) is 16.7. The maximum atomic E-state index is 12.4. The summed E-state index contributed by atoms with van der Waals surface area (Å²) in [5.41, 5.74) is 1.90. The van der Waals surface area contributed by atoms with Gasteiger partial charge < -0.3 is 9.47 Å². The number of methoxy groups -OCH3 is 1. The van der Waals surface area contributed by atoms with E-state index in [9.17, 15) is 9.59 Å². The van der Waals surface area contributed by atoms with Crippen LogP contribution in [0.4, 0.5) is 0 Å². The molecule has 0 saturated heterocycles. The topological polar surface area (TPSA) is 68.2 Å². The Morgan fingerprint density at radius 1 is 0.933 bits per heavy atom. The second kappa shape index (κ2) is 8.78. The van der Waals surface area contributed by atoms with Crippen molar-refractivity contribution < 1.29 is 19.1 Å². The number of rotatable bonds is 6. The zero-order chi connectivity index (χ0) is 20.9. The van der Waals surface area contributed by atoms with E-state index < -0.39 is 5.97 Å². The molecule has 0 aromatic heterocycles. The monoisotopic (exact) mass is 402 g/mol. The van der Waals surface area contributed by atoms with Crippen molar-refractivity contribution in [2.75, 3.05) is 13.7 Å². The summed E-state index contributed by atoms with van der Waals surface area (Å²) in [4.78, 5) is 24.6. The van der Waals surface area contributed by atoms with Crippen molar-refractivity contribution in [2.45, 2.75) is 19.3 Å². The fourth-order valence-electron chi connectivity index (χ4n) is 3.38. The number of esters is 1. The van der Waals surface area contributed by atoms with Crippen LogP contribution in [0.15, 0.2) is 71.8 Å². The highest BCUT2D eigenvalue weighted by Gasteiger charge is 2.22. The number of carbonyl (C=O) groups excluding carboxylic acids is 2. The Hall–Kier alpha value is -3.67. The average molecular weight is 402 g/mol. The molecule has 0 spiro atoms. The molecule has 152 valence electrons. The van der Waals surface area contributed by atoms with E-state index in [1.54, 1.807) is 19.2 Å². The predicted molar refractivity (Wildman–Crippen MR) is 115 cm³/mol. The first-order valence-corrected chi connectivity index (χ1v) is 9.84. The van der Waals surface area contributed by atoms with Gasteiger partial charge in [-0.15, -0.1) is 0 Å². The molecule has 1 aliphatic heterocycles. The first kappa shape index (κ1) is 19.6. The Kier molecular flexibility index (Phi) is 5.75. The number of hydrogen-bond donors (Lipinski definition) is 0. The number of nitrogens with zero attached hydrogens (tertiary/aromatic N) is 2. The molecule has 0 unspecified atom stereocenters. The van der Waals surface area contributed by atoms with Gasteiger partial charge in [-0.1, -0.05) is 42.5 Å². The lowest BCUT2D eigenvalue weighted by Crippen LogP contribution is -2.24. The summed E-state index contributed by atoms with van der Waals surface area (Å²) < 4.78 is 10.6. The van der Waals surface area contributed by atoms with Crippen LogP contribution in [0.5, 0.6) is 11.5 Å². The fraction of sp³-hybridized carbons (Fsp3) is 0.208. The van der Waals surface area contributed by atoms with Crippen molar-refractivity contribution >= 4 is 28.4 Å². The number of benzene rings is 3. The number of hydrogen-bond acceptors (Lipinski definition) is 5. The van der Waals surface area contributed by atoms with Gasteiger partial charge in [0, 0.05) is 12.8 Å². The molecular weight excluding hydrogens is 380 g/mol. The molecule has 0 saturated carbocycles. The van der Waals surface area contributed by atoms with E-state index in [4.69, 9.17) is 9.47 Å². The normalized spacial score (nSPS) is 13.2. The van der Waals surface area contributed by atoms with Crippen LogP contribution in [0.2, 0.25) is 0 Å². The van der Waals surface area contributed by atoms with Crippen LogP contribution in [0, 0.1) is 0 Å². The van der Waals surface area contributed by atoms with Gasteiger partial charge >= 0.3 is 5.97 Å². The minimum atomic E-state index is -0.447. The molecule has 1 amide bonds. The van der Waals surface area contributed by atoms with Gasteiger partial charge in [0.2, 0.25) is 5.91 Å². The lowest BCUT2D eigenvalue weighted by Gasteiger charge is -2.11. The van der Waals surface area contributed by atoms with Crippen LogP contribution >= 0.6 is 0 Å². The van der Waals surface area contributed by atoms with Crippen LogP contribution in [-0.2, 0) is 9.59 Å². The predicted octanol–water partition coefficient (Wildman–Crippen LogP) is 4.17. The number of hydrazone groups is 1. The molecule has 4 rings (SSSR count). The highest BCUT2D eigenvalue weighted by atomic mass is 16.5. The first-order valence-electron chi connectivity index (χ1n) is 9.84. The number of ether oxygens (including phenoxy) is 2. The highest BCUT2D eigenvalue weighted by molar-refractivity contribution is 6.02. The Balaban J connectivity index is 1.33. The molecule has 1 heterocycles. The van der Waals surface area contributed by atoms with Gasteiger partial charge in [-0.3, -0.25) is 9.59 Å². The van der Waals surface area contributed by atoms with Crippen molar-refractivity contribution in [3.63, 3.8) is 0 Å². The van der Waals surface area contributed by atoms with Crippen LogP contribution in [0.25, 0.3) is 10.8 Å². The smallest absolute Gasteiger partial charge is 0.311 e. The van der Waals surface area contributed by atoms with E-state index in [-0.39, 0.29) is 18.7 Å². The van der Waals surface area contributed by atoms with Crippen molar-refractivity contribution in [2.24, 2.45) is 5.10 Å². The Morgan fingerprint density at radius 2 is 1.67 bits per heavy atom. The van der Waals surface area contributed by atoms with E-state index >= 15 is 0 Å². The van der Waals surface area contributed by atoms with Crippen LogP contribution in [-0.4, -0.2) is 36.3 Å². The van der Waals surface area contributed by atoms with Gasteiger partial charge in [0.1, 0.15) is 11.5 Å². The molecule has 0 bridgehead atoms. The molecular formula is C24H22N2O4. The van der Waals surface area contributed by atoms with Gasteiger partial charge in [0.25, 0.3) is 0 Å². The lowest BCUT2D eigenvalue weighted by atomic mass is 10.1. The van der Waals surface area contributed by atoms with Crippen LogP contribution in [0.1, 0.15) is 24.8 Å². The van der Waals surface area contributed by atoms with Crippen molar-refractivity contribution in [3.05, 3.63) is 72.3 Å². The third-order valence-electron chi connectivity index (χ3n) is 4.99. The van der Waals surface area contributed by atoms with Crippen molar-refractivity contribution in [3.8, 4) is 11.5 Å². The second-order valence-corrected chi connectivity index (χ2v) is 7.03. The third-order valence-corrected chi connectivity index (χ3v) is 4.99. The quantitative estimate of drug-likeness (QED) is 0.458. The van der Waals surface area contributed by atoms with E-state index in [1.165, 1.54) is 5.01 Å². The van der Waals surface area contributed by atoms with Gasteiger partial charge in [-0.05, 0) is 40.6 Å². The van der Waals surface area contributed by atoms with Gasteiger partial charge in [-0.2, -0.15) is 5.10 Å². The summed E-state index contributed by atoms with van der Waals surface area (Å²) in [7, 11) is 1.61. The van der Waals surface area contributed by atoms with Gasteiger partial charge in [0.15, 0.2) is 0 Å². The fourth-order valence-corrected chi connectivity index (χ4v) is 3.38. The highest BCUT2D eigenvalue weighted by Crippen LogP contribution is 2.25. The van der Waals surface area contributed by atoms with E-state index in [1.807, 2.05) is 54.6 Å². The molecule has 0 aliphatic carbocycles. The van der Waals surface area contributed by atoms with Crippen LogP contribution < -0.4 is 9.47 Å². The molecule has 6 heteroatoms. The largest absolute Gasteiger partial charge is 0.497 e. The number of amides is 1. The summed E-state index contributed by atoms with van der Waals surface area (Å²) >= 11 is 0. The van der Waals surface area contributed by atoms with E-state index in [2.05, 4.69) is 5.10 Å². The Labute approximate surface area is 174 Å². The molecule has 30 heavy (non-hydrogen) atoms. The number of carbonyl (C=O) groups is 2. The summed E-state index contributed by atoms with van der Waals surface area (Å²) in [6.45, 7) is 0.532. The van der Waals surface area contributed by atoms with Gasteiger partial charge in [-0.25, -0.2) is 5.01 Å². The summed E-state index contributed by atoms with van der Waals surface area (Å²) in [5, 5.41) is 7.78. The first-order chi connectivity index (χ1) is 14.6. The molecule has 3 aromatic rings. The second-order valence-electron chi connectivity index (χ2n) is 7.03. The zero-order valence-corrected chi connectivity index (χ0v) is 16.7. The maximum Gasteiger partial charge on any atom is 0.311 e. The molecule has 0 radical (unpaired) electrons. The van der Waals surface area contributed by atoms with Crippen LogP contribution in [0.3, 0.4) is 0 Å². The standard InChI is InChI=1S/C24H22N2O4/c1-29-20-9-7-17-8-10-21(16-19(17)15-20)30-24(28)12-11-23(27)26-14-13-22(25-26)18-5-3-2-4-6-18/h2-10,15-16H,11-14H2,1H3. The van der Waals surface area contributed by atoms with Crippen molar-refractivity contribution in [1.82, 2.24) is 5.01 Å². The Bertz CT molecular complexity index is 1110. The van der Waals surface area contributed by atoms with E-state index in [0.29, 0.717) is 18.7 Å². The summed E-state index contributed by atoms with van der Waals surface area (Å²) in [6.07, 6.45) is 0.772. The SMILES string of the molecule is COc1ccc2ccc(OC(=O)CCC(=O)N3CCC(c4ccccc4)=N3)cc2c1. The average Bonchev–Trinajstić information content (AvgIpc) is 3.28. The minimum Gasteiger partial charge on any atom is -0.497 e. The molecule has 0 atom stereocenters. The third kappa shape index (κ3) is 4.49. The molecule has 1 aliphatic rings. The minimum absolute atomic E-state index is 0.00166. The lowest BCUT2D eigenvalue weighted by molar-refractivity contribution is -0.138. The maximum absolute atomic E-state index is 12.4. The Morgan fingerprint density at radius 3 is 2.43 bits per heavy atom. The van der Waals surface area contributed by atoms with Gasteiger partial charge in [0.05, 0.1) is 25.8 Å². The van der Waals surface area contributed by atoms with E-state index in [0.717, 1.165) is 27.8 Å². The molecule has 0 fully saturated rings.